The van der Waals surface area contributed by atoms with E-state index in [0.717, 1.165) is 6.42 Å². The fourth-order valence-corrected chi connectivity index (χ4v) is 2.19. The van der Waals surface area contributed by atoms with E-state index in [1.807, 2.05) is 6.92 Å². The third-order valence-corrected chi connectivity index (χ3v) is 3.10. The lowest BCUT2D eigenvalue weighted by Crippen LogP contribution is -2.39. The Bertz CT molecular complexity index is 444. The number of benzene rings is 1. The van der Waals surface area contributed by atoms with E-state index in [2.05, 4.69) is 6.58 Å². The third-order valence-electron chi connectivity index (χ3n) is 3.10. The first-order valence-corrected chi connectivity index (χ1v) is 5.78. The summed E-state index contributed by atoms with van der Waals surface area (Å²) >= 11 is 0. The Kier molecular flexibility index (Phi) is 3.09. The number of nitrogens with zero attached hydrogens (tertiary/aromatic N) is 1. The van der Waals surface area contributed by atoms with Crippen LogP contribution in [0.5, 0.6) is 0 Å². The van der Waals surface area contributed by atoms with Crippen molar-refractivity contribution in [3.8, 4) is 0 Å². The summed E-state index contributed by atoms with van der Waals surface area (Å²) in [4.78, 5) is 25.7. The molecule has 0 N–H and O–H groups in total. The topological polar surface area (TPSA) is 37.4 Å². The van der Waals surface area contributed by atoms with Crippen LogP contribution >= 0.6 is 0 Å². The maximum Gasteiger partial charge on any atom is 0.261 e. The van der Waals surface area contributed by atoms with Gasteiger partial charge in [0.25, 0.3) is 11.8 Å². The van der Waals surface area contributed by atoms with E-state index in [1.165, 1.54) is 4.90 Å². The van der Waals surface area contributed by atoms with E-state index in [4.69, 9.17) is 0 Å². The highest BCUT2D eigenvalue weighted by Crippen LogP contribution is 2.26. The predicted molar refractivity (Wildman–Crippen MR) is 65.8 cm³/mol. The Balaban J connectivity index is 2.38. The Morgan fingerprint density at radius 3 is 2.18 bits per heavy atom. The SMILES string of the molecule is C=CCC(CC)N1C(=O)c2ccccc2C1=O. The molecule has 1 atom stereocenters. The van der Waals surface area contributed by atoms with Gasteiger partial charge in [0.2, 0.25) is 0 Å². The van der Waals surface area contributed by atoms with Gasteiger partial charge < -0.3 is 0 Å². The molecule has 0 aliphatic carbocycles. The number of carbonyl (C=O) groups is 2. The van der Waals surface area contributed by atoms with Crippen LogP contribution in [0.25, 0.3) is 0 Å². The molecule has 1 aliphatic rings. The molecule has 2 rings (SSSR count). The number of hydrogen-bond acceptors (Lipinski definition) is 2. The van der Waals surface area contributed by atoms with Crippen LogP contribution in [0.3, 0.4) is 0 Å². The first kappa shape index (κ1) is 11.6. The lowest BCUT2D eigenvalue weighted by atomic mass is 10.1. The van der Waals surface area contributed by atoms with Crippen LogP contribution in [-0.4, -0.2) is 22.8 Å². The molecule has 1 aromatic carbocycles. The summed E-state index contributed by atoms with van der Waals surface area (Å²) in [6, 6.07) is 6.89. The van der Waals surface area contributed by atoms with E-state index in [9.17, 15) is 9.59 Å². The van der Waals surface area contributed by atoms with Gasteiger partial charge in [-0.25, -0.2) is 0 Å². The summed E-state index contributed by atoms with van der Waals surface area (Å²) in [5.41, 5.74) is 1.03. The molecule has 0 saturated heterocycles. The van der Waals surface area contributed by atoms with Gasteiger partial charge in [0, 0.05) is 6.04 Å². The largest absolute Gasteiger partial charge is 0.271 e. The summed E-state index contributed by atoms with van der Waals surface area (Å²) < 4.78 is 0. The molecule has 0 spiro atoms. The van der Waals surface area contributed by atoms with Crippen molar-refractivity contribution in [1.29, 1.82) is 0 Å². The summed E-state index contributed by atoms with van der Waals surface area (Å²) in [5, 5.41) is 0. The van der Waals surface area contributed by atoms with Crippen LogP contribution in [0.1, 0.15) is 40.5 Å². The number of carbonyl (C=O) groups excluding carboxylic acids is 2. The fraction of sp³-hybridized carbons (Fsp3) is 0.286. The highest BCUT2D eigenvalue weighted by molar-refractivity contribution is 6.21. The Morgan fingerprint density at radius 1 is 1.24 bits per heavy atom. The van der Waals surface area contributed by atoms with Crippen LogP contribution in [0.2, 0.25) is 0 Å². The average Bonchev–Trinajstić information content (AvgIpc) is 2.61. The molecule has 0 saturated carbocycles. The molecule has 0 fully saturated rings. The molecule has 1 aromatic rings. The zero-order chi connectivity index (χ0) is 12.4. The summed E-state index contributed by atoms with van der Waals surface area (Å²) in [6.45, 7) is 5.64. The van der Waals surface area contributed by atoms with Gasteiger partial charge in [0.1, 0.15) is 0 Å². The molecule has 2 amide bonds. The van der Waals surface area contributed by atoms with Gasteiger partial charge in [0.15, 0.2) is 0 Å². The summed E-state index contributed by atoms with van der Waals surface area (Å²) in [7, 11) is 0. The van der Waals surface area contributed by atoms with Crippen molar-refractivity contribution < 1.29 is 9.59 Å². The standard InChI is InChI=1S/C14H15NO2/c1-3-7-10(4-2)15-13(16)11-8-5-6-9-12(11)14(15)17/h3,5-6,8-10H,1,4,7H2,2H3. The van der Waals surface area contributed by atoms with Crippen LogP contribution in [0.15, 0.2) is 36.9 Å². The molecule has 3 nitrogen and oxygen atoms in total. The normalized spacial score (nSPS) is 15.9. The summed E-state index contributed by atoms with van der Waals surface area (Å²) in [6.07, 6.45) is 3.14. The summed E-state index contributed by atoms with van der Waals surface area (Å²) in [5.74, 6) is -0.362. The molecule has 17 heavy (non-hydrogen) atoms. The van der Waals surface area contributed by atoms with Crippen molar-refractivity contribution in [2.75, 3.05) is 0 Å². The fourth-order valence-electron chi connectivity index (χ4n) is 2.19. The molecule has 0 aromatic heterocycles. The zero-order valence-corrected chi connectivity index (χ0v) is 9.85. The number of hydrogen-bond donors (Lipinski definition) is 0. The van der Waals surface area contributed by atoms with Gasteiger partial charge in [-0.1, -0.05) is 25.1 Å². The van der Waals surface area contributed by atoms with Crippen molar-refractivity contribution in [3.63, 3.8) is 0 Å². The van der Waals surface area contributed by atoms with Crippen LogP contribution in [-0.2, 0) is 0 Å². The van der Waals surface area contributed by atoms with Crippen LogP contribution in [0.4, 0.5) is 0 Å². The second-order valence-electron chi connectivity index (χ2n) is 4.11. The number of fused-ring (bicyclic) bond motifs is 1. The minimum atomic E-state index is -0.181. The van der Waals surface area contributed by atoms with Crippen molar-refractivity contribution >= 4 is 11.8 Å². The van der Waals surface area contributed by atoms with Gasteiger partial charge in [0.05, 0.1) is 11.1 Å². The third kappa shape index (κ3) is 1.78. The quantitative estimate of drug-likeness (QED) is 0.588. The molecule has 1 unspecified atom stereocenters. The first-order valence-electron chi connectivity index (χ1n) is 5.78. The number of imide groups is 1. The lowest BCUT2D eigenvalue weighted by molar-refractivity contribution is 0.0581. The van der Waals surface area contributed by atoms with Crippen molar-refractivity contribution in [1.82, 2.24) is 4.90 Å². The van der Waals surface area contributed by atoms with Gasteiger partial charge in [-0.15, -0.1) is 6.58 Å². The average molecular weight is 229 g/mol. The van der Waals surface area contributed by atoms with E-state index in [1.54, 1.807) is 30.3 Å². The first-order chi connectivity index (χ1) is 8.20. The molecule has 1 aliphatic heterocycles. The highest BCUT2D eigenvalue weighted by atomic mass is 16.2. The van der Waals surface area contributed by atoms with E-state index < -0.39 is 0 Å². The monoisotopic (exact) mass is 229 g/mol. The molecule has 0 radical (unpaired) electrons. The minimum absolute atomic E-state index is 0.0834. The van der Waals surface area contributed by atoms with Crippen LogP contribution < -0.4 is 0 Å². The van der Waals surface area contributed by atoms with Gasteiger partial charge in [-0.3, -0.25) is 14.5 Å². The van der Waals surface area contributed by atoms with Crippen LogP contribution in [0, 0.1) is 0 Å². The van der Waals surface area contributed by atoms with Crippen molar-refractivity contribution in [2.45, 2.75) is 25.8 Å². The smallest absolute Gasteiger partial charge is 0.261 e. The van der Waals surface area contributed by atoms with E-state index in [0.29, 0.717) is 17.5 Å². The Morgan fingerprint density at radius 2 is 1.76 bits per heavy atom. The second-order valence-corrected chi connectivity index (χ2v) is 4.11. The minimum Gasteiger partial charge on any atom is -0.271 e. The maximum atomic E-state index is 12.2. The Labute approximate surface area is 101 Å². The zero-order valence-electron chi connectivity index (χ0n) is 9.85. The van der Waals surface area contributed by atoms with Gasteiger partial charge >= 0.3 is 0 Å². The second kappa shape index (κ2) is 4.53. The molecule has 88 valence electrons. The lowest BCUT2D eigenvalue weighted by Gasteiger charge is -2.23. The number of amides is 2. The predicted octanol–water partition coefficient (Wildman–Crippen LogP) is 2.64. The van der Waals surface area contributed by atoms with E-state index >= 15 is 0 Å². The van der Waals surface area contributed by atoms with Gasteiger partial charge in [-0.2, -0.15) is 0 Å². The van der Waals surface area contributed by atoms with Crippen molar-refractivity contribution in [3.05, 3.63) is 48.0 Å². The molecule has 0 bridgehead atoms. The Hall–Kier alpha value is -1.90. The molecule has 3 heteroatoms. The van der Waals surface area contributed by atoms with Gasteiger partial charge in [-0.05, 0) is 25.0 Å². The number of rotatable bonds is 4. The van der Waals surface area contributed by atoms with E-state index in [-0.39, 0.29) is 17.9 Å². The molecule has 1 heterocycles. The molecular weight excluding hydrogens is 214 g/mol. The van der Waals surface area contributed by atoms with Crippen molar-refractivity contribution in [2.24, 2.45) is 0 Å². The highest BCUT2D eigenvalue weighted by Gasteiger charge is 2.38. The molecular formula is C14H15NO2. The maximum absolute atomic E-state index is 12.2.